The maximum absolute atomic E-state index is 12.4. The molecule has 0 atom stereocenters. The quantitative estimate of drug-likeness (QED) is 0.329. The first-order valence-corrected chi connectivity index (χ1v) is 8.15. The molecule has 1 heterocycles. The Morgan fingerprint density at radius 1 is 0.962 bits per heavy atom. The van der Waals surface area contributed by atoms with Gasteiger partial charge in [-0.3, -0.25) is 9.35 Å². The Bertz CT molecular complexity index is 1190. The average molecular weight is 382 g/mol. The van der Waals surface area contributed by atoms with Crippen molar-refractivity contribution in [2.45, 2.75) is 0 Å². The lowest BCUT2D eigenvalue weighted by atomic mass is 10.1. The molecule has 0 aliphatic heterocycles. The minimum absolute atomic E-state index is 0.0115. The molecule has 0 bridgehead atoms. The van der Waals surface area contributed by atoms with Crippen LogP contribution in [0, 0.1) is 0 Å². The lowest BCUT2D eigenvalue weighted by Crippen LogP contribution is -2.10. The maximum atomic E-state index is 12.4. The van der Waals surface area contributed by atoms with E-state index in [0.29, 0.717) is 0 Å². The Hall–Kier alpha value is -3.44. The minimum Gasteiger partial charge on any atom is -0.508 e. The van der Waals surface area contributed by atoms with Crippen molar-refractivity contribution in [3.05, 3.63) is 40.6 Å². The largest absolute Gasteiger partial charge is 0.508 e. The molecule has 1 aromatic heterocycles. The van der Waals surface area contributed by atoms with Gasteiger partial charge < -0.3 is 29.0 Å². The number of benzene rings is 2. The van der Waals surface area contributed by atoms with Crippen LogP contribution in [0.3, 0.4) is 0 Å². The Balaban J connectivity index is 2.35. The molecule has 0 radical (unpaired) electrons. The second-order valence-corrected chi connectivity index (χ2v) is 6.16. The Morgan fingerprint density at radius 3 is 2.27 bits per heavy atom. The summed E-state index contributed by atoms with van der Waals surface area (Å²) in [6, 6.07) is 5.02. The number of phenols is 3. The molecule has 0 saturated heterocycles. The summed E-state index contributed by atoms with van der Waals surface area (Å²) in [6.45, 7) is 0. The average Bonchev–Trinajstić information content (AvgIpc) is 2.51. The molecule has 3 aromatic rings. The van der Waals surface area contributed by atoms with Crippen LogP contribution >= 0.6 is 0 Å². The molecular formula is C15H10O10S. The van der Waals surface area contributed by atoms with E-state index in [0.717, 1.165) is 24.3 Å². The van der Waals surface area contributed by atoms with Crippen molar-refractivity contribution in [1.82, 2.24) is 0 Å². The summed E-state index contributed by atoms with van der Waals surface area (Å²) in [4.78, 5) is 12.4. The molecule has 5 N–H and O–H groups in total. The van der Waals surface area contributed by atoms with E-state index >= 15 is 0 Å². The van der Waals surface area contributed by atoms with Gasteiger partial charge in [0.25, 0.3) is 0 Å². The van der Waals surface area contributed by atoms with E-state index in [1.165, 1.54) is 6.07 Å². The van der Waals surface area contributed by atoms with Crippen LogP contribution in [0.2, 0.25) is 0 Å². The van der Waals surface area contributed by atoms with Gasteiger partial charge in [-0.25, -0.2) is 0 Å². The zero-order chi connectivity index (χ0) is 19.2. The maximum Gasteiger partial charge on any atom is 0.446 e. The monoisotopic (exact) mass is 382 g/mol. The first kappa shape index (κ1) is 17.4. The van der Waals surface area contributed by atoms with Gasteiger partial charge in [0, 0.05) is 17.7 Å². The number of hydrogen-bond acceptors (Lipinski definition) is 9. The highest BCUT2D eigenvalue weighted by Gasteiger charge is 2.22. The molecule has 2 aromatic carbocycles. The molecule has 0 spiro atoms. The van der Waals surface area contributed by atoms with Crippen molar-refractivity contribution in [3.63, 3.8) is 0 Å². The van der Waals surface area contributed by atoms with E-state index in [1.807, 2.05) is 0 Å². The van der Waals surface area contributed by atoms with Crippen molar-refractivity contribution in [3.8, 4) is 40.1 Å². The molecule has 0 saturated carbocycles. The summed E-state index contributed by atoms with van der Waals surface area (Å²) in [6.07, 6.45) is 0. The second kappa shape index (κ2) is 5.82. The van der Waals surface area contributed by atoms with E-state index in [9.17, 15) is 33.6 Å². The second-order valence-electron chi connectivity index (χ2n) is 5.14. The predicted molar refractivity (Wildman–Crippen MR) is 86.8 cm³/mol. The number of phenolic OH excluding ortho intramolecular Hbond substituents is 3. The van der Waals surface area contributed by atoms with Crippen LogP contribution < -0.4 is 9.61 Å². The highest BCUT2D eigenvalue weighted by molar-refractivity contribution is 7.81. The first-order chi connectivity index (χ1) is 12.1. The lowest BCUT2D eigenvalue weighted by molar-refractivity contribution is 0.386. The lowest BCUT2D eigenvalue weighted by Gasteiger charge is -2.10. The van der Waals surface area contributed by atoms with Crippen LogP contribution in [-0.2, 0) is 10.4 Å². The molecule has 26 heavy (non-hydrogen) atoms. The van der Waals surface area contributed by atoms with Gasteiger partial charge in [0.05, 0.1) is 0 Å². The van der Waals surface area contributed by atoms with Crippen LogP contribution in [0.5, 0.6) is 28.7 Å². The van der Waals surface area contributed by atoms with Crippen molar-refractivity contribution in [2.24, 2.45) is 0 Å². The fourth-order valence-corrected chi connectivity index (χ4v) is 2.66. The highest BCUT2D eigenvalue weighted by Crippen LogP contribution is 2.38. The molecule has 0 aliphatic carbocycles. The number of fused-ring (bicyclic) bond motifs is 1. The van der Waals surface area contributed by atoms with E-state index < -0.39 is 55.7 Å². The standard InChI is InChI=1S/C15H10O10S/c16-7-4-10-12(11(5-7)25-26(21,22)23)13(19)14(20)15(24-10)6-1-2-8(17)9(18)3-6/h1-5,16-18,20H,(H,21,22,23). The van der Waals surface area contributed by atoms with Gasteiger partial charge >= 0.3 is 10.4 Å². The van der Waals surface area contributed by atoms with Crippen LogP contribution in [0.4, 0.5) is 0 Å². The zero-order valence-electron chi connectivity index (χ0n) is 12.6. The van der Waals surface area contributed by atoms with E-state index in [4.69, 9.17) is 8.97 Å². The van der Waals surface area contributed by atoms with E-state index in [2.05, 4.69) is 4.18 Å². The first-order valence-electron chi connectivity index (χ1n) is 6.79. The Labute approximate surface area is 144 Å². The molecule has 0 amide bonds. The van der Waals surface area contributed by atoms with Gasteiger partial charge in [0.2, 0.25) is 11.2 Å². The summed E-state index contributed by atoms with van der Waals surface area (Å²) in [5.41, 5.74) is -1.47. The predicted octanol–water partition coefficient (Wildman–Crippen LogP) is 1.46. The molecule has 0 fully saturated rings. The fourth-order valence-electron chi connectivity index (χ4n) is 2.30. The molecule has 10 nitrogen and oxygen atoms in total. The van der Waals surface area contributed by atoms with Gasteiger partial charge in [-0.15, -0.1) is 0 Å². The zero-order valence-corrected chi connectivity index (χ0v) is 13.4. The minimum atomic E-state index is -5.02. The molecule has 3 rings (SSSR count). The molecule has 136 valence electrons. The molecular weight excluding hydrogens is 372 g/mol. The fraction of sp³-hybridized carbons (Fsp3) is 0. The van der Waals surface area contributed by atoms with Gasteiger partial charge in [0.15, 0.2) is 23.0 Å². The SMILES string of the molecule is O=c1c(O)c(-c2ccc(O)c(O)c2)oc2cc(O)cc(OS(=O)(=O)O)c12. The summed E-state index contributed by atoms with van der Waals surface area (Å²) >= 11 is 0. The van der Waals surface area contributed by atoms with Gasteiger partial charge in [-0.05, 0) is 18.2 Å². The third-order valence-electron chi connectivity index (χ3n) is 3.35. The normalized spacial score (nSPS) is 11.6. The third kappa shape index (κ3) is 3.08. The summed E-state index contributed by atoms with van der Waals surface area (Å²) in [5, 5.41) is 38.1. The Kier molecular flexibility index (Phi) is 3.89. The Morgan fingerprint density at radius 2 is 1.65 bits per heavy atom. The van der Waals surface area contributed by atoms with Gasteiger partial charge in [-0.1, -0.05) is 0 Å². The van der Waals surface area contributed by atoms with Crippen LogP contribution in [0.1, 0.15) is 0 Å². The number of aromatic hydroxyl groups is 4. The summed E-state index contributed by atoms with van der Waals surface area (Å²) in [5.74, 6) is -3.67. The van der Waals surface area contributed by atoms with Crippen molar-refractivity contribution < 1.29 is 42.0 Å². The van der Waals surface area contributed by atoms with Crippen molar-refractivity contribution >= 4 is 21.4 Å². The van der Waals surface area contributed by atoms with Crippen molar-refractivity contribution in [1.29, 1.82) is 0 Å². The van der Waals surface area contributed by atoms with Crippen LogP contribution in [-0.4, -0.2) is 33.4 Å². The summed E-state index contributed by atoms with van der Waals surface area (Å²) < 4.78 is 40.2. The molecule has 0 aliphatic rings. The summed E-state index contributed by atoms with van der Waals surface area (Å²) in [7, 11) is -5.02. The van der Waals surface area contributed by atoms with Gasteiger partial charge in [0.1, 0.15) is 16.7 Å². The number of rotatable bonds is 3. The number of hydrogen-bond donors (Lipinski definition) is 5. The van der Waals surface area contributed by atoms with Crippen molar-refractivity contribution in [2.75, 3.05) is 0 Å². The highest BCUT2D eigenvalue weighted by atomic mass is 32.3. The van der Waals surface area contributed by atoms with Gasteiger partial charge in [-0.2, -0.15) is 8.42 Å². The third-order valence-corrected chi connectivity index (χ3v) is 3.74. The van der Waals surface area contributed by atoms with Crippen LogP contribution in [0.25, 0.3) is 22.3 Å². The molecule has 11 heteroatoms. The van der Waals surface area contributed by atoms with E-state index in [1.54, 1.807) is 0 Å². The van der Waals surface area contributed by atoms with Crippen LogP contribution in [0.15, 0.2) is 39.5 Å². The molecule has 0 unspecified atom stereocenters. The van der Waals surface area contributed by atoms with E-state index in [-0.39, 0.29) is 11.1 Å². The smallest absolute Gasteiger partial charge is 0.446 e. The topological polar surface area (TPSA) is 175 Å².